The van der Waals surface area contributed by atoms with Crippen LogP contribution >= 0.6 is 0 Å². The third-order valence-corrected chi connectivity index (χ3v) is 11.9. The summed E-state index contributed by atoms with van der Waals surface area (Å²) in [6.07, 6.45) is 0. The van der Waals surface area contributed by atoms with Crippen molar-refractivity contribution in [2.75, 3.05) is 9.80 Å². The highest BCUT2D eigenvalue weighted by Gasteiger charge is 2.23. The Kier molecular flexibility index (Phi) is 9.47. The molecule has 10 aromatic carbocycles. The van der Waals surface area contributed by atoms with Gasteiger partial charge in [0.25, 0.3) is 0 Å². The van der Waals surface area contributed by atoms with Crippen LogP contribution in [0.25, 0.3) is 54.6 Å². The molecule has 10 rings (SSSR count). The number of nitrogens with zero attached hydrogens (tertiary/aromatic N) is 2. The van der Waals surface area contributed by atoms with Crippen LogP contribution in [-0.2, 0) is 0 Å². The summed E-state index contributed by atoms with van der Waals surface area (Å²) in [6, 6.07) is 76.1. The molecule has 0 unspecified atom stereocenters. The first-order valence-corrected chi connectivity index (χ1v) is 20.8. The standard InChI is InChI=1S/C58H46N2/c1-39-17-25-45(26-18-39)59(46-27-19-40(2)20-28-46)49-34-36-54-55(37-49)57(44-12-6-5-7-13-44)53-35-33-50(38-56(53)58(54)52-16-10-14-43-11-8-9-15-51(43)52)60(47-29-21-41(3)22-30-47)48-31-23-42(4)24-32-48/h5-38H,1-4H3. The van der Waals surface area contributed by atoms with Crippen molar-refractivity contribution in [2.24, 2.45) is 0 Å². The average molecular weight is 771 g/mol. The Bertz CT molecular complexity index is 3050. The molecule has 0 fully saturated rings. The van der Waals surface area contributed by atoms with Gasteiger partial charge in [-0.15, -0.1) is 0 Å². The molecule has 0 bridgehead atoms. The minimum Gasteiger partial charge on any atom is -0.310 e. The molecule has 0 aliphatic carbocycles. The summed E-state index contributed by atoms with van der Waals surface area (Å²) in [5.74, 6) is 0. The fourth-order valence-electron chi connectivity index (χ4n) is 8.80. The summed E-state index contributed by atoms with van der Waals surface area (Å²) >= 11 is 0. The van der Waals surface area contributed by atoms with Gasteiger partial charge in [-0.1, -0.05) is 156 Å². The van der Waals surface area contributed by atoms with Crippen molar-refractivity contribution in [2.45, 2.75) is 27.7 Å². The SMILES string of the molecule is Cc1ccc(N(c2ccc(C)cc2)c2ccc3c(-c4cccc5ccccc45)c4cc(N(c5ccc(C)cc5)c5ccc(C)cc5)ccc4c(-c4ccccc4)c3c2)cc1. The lowest BCUT2D eigenvalue weighted by Crippen LogP contribution is -2.10. The third-order valence-electron chi connectivity index (χ3n) is 11.9. The molecule has 0 saturated heterocycles. The molecule has 10 aromatic rings. The molecule has 0 heterocycles. The molecule has 2 nitrogen and oxygen atoms in total. The summed E-state index contributed by atoms with van der Waals surface area (Å²) in [7, 11) is 0. The molecule has 0 atom stereocenters. The number of benzene rings is 10. The molecule has 0 aliphatic heterocycles. The number of hydrogen-bond donors (Lipinski definition) is 0. The first-order valence-electron chi connectivity index (χ1n) is 20.8. The molecule has 2 heteroatoms. The maximum atomic E-state index is 2.43. The first-order chi connectivity index (χ1) is 29.4. The summed E-state index contributed by atoms with van der Waals surface area (Å²) in [6.45, 7) is 8.59. The van der Waals surface area contributed by atoms with E-state index in [-0.39, 0.29) is 0 Å². The second-order valence-electron chi connectivity index (χ2n) is 16.1. The second-order valence-corrected chi connectivity index (χ2v) is 16.1. The zero-order chi connectivity index (χ0) is 40.7. The van der Waals surface area contributed by atoms with Crippen LogP contribution in [0.1, 0.15) is 22.3 Å². The van der Waals surface area contributed by atoms with Gasteiger partial charge in [0.2, 0.25) is 0 Å². The van der Waals surface area contributed by atoms with Crippen LogP contribution in [0.2, 0.25) is 0 Å². The summed E-state index contributed by atoms with van der Waals surface area (Å²) in [5, 5.41) is 7.30. The highest BCUT2D eigenvalue weighted by atomic mass is 15.1. The molecule has 0 amide bonds. The van der Waals surface area contributed by atoms with Crippen molar-refractivity contribution in [1.82, 2.24) is 0 Å². The molecule has 0 spiro atoms. The normalized spacial score (nSPS) is 11.3. The third kappa shape index (κ3) is 6.76. The number of anilines is 6. The van der Waals surface area contributed by atoms with Crippen LogP contribution in [-0.4, -0.2) is 0 Å². The lowest BCUT2D eigenvalue weighted by molar-refractivity contribution is 1.27. The molecule has 0 radical (unpaired) electrons. The van der Waals surface area contributed by atoms with E-state index in [1.165, 1.54) is 76.8 Å². The zero-order valence-corrected chi connectivity index (χ0v) is 34.5. The van der Waals surface area contributed by atoms with Gasteiger partial charge in [-0.3, -0.25) is 0 Å². The Hall–Kier alpha value is -7.42. The molecular weight excluding hydrogens is 725 g/mol. The predicted octanol–water partition coefficient (Wildman–Crippen LogP) is 16.7. The Morgan fingerprint density at radius 3 is 1.13 bits per heavy atom. The van der Waals surface area contributed by atoms with E-state index in [0.29, 0.717) is 0 Å². The highest BCUT2D eigenvalue weighted by molar-refractivity contribution is 6.24. The Labute approximate surface area is 353 Å². The second kappa shape index (κ2) is 15.4. The zero-order valence-electron chi connectivity index (χ0n) is 34.5. The van der Waals surface area contributed by atoms with E-state index in [4.69, 9.17) is 0 Å². The van der Waals surface area contributed by atoms with E-state index in [1.807, 2.05) is 0 Å². The van der Waals surface area contributed by atoms with Crippen molar-refractivity contribution in [1.29, 1.82) is 0 Å². The van der Waals surface area contributed by atoms with Gasteiger partial charge in [-0.25, -0.2) is 0 Å². The van der Waals surface area contributed by atoms with Crippen LogP contribution in [0.15, 0.2) is 206 Å². The van der Waals surface area contributed by atoms with Crippen molar-refractivity contribution in [3.63, 3.8) is 0 Å². The van der Waals surface area contributed by atoms with Crippen LogP contribution in [0, 0.1) is 27.7 Å². The molecule has 60 heavy (non-hydrogen) atoms. The Morgan fingerprint density at radius 2 is 0.650 bits per heavy atom. The maximum absolute atomic E-state index is 2.43. The van der Waals surface area contributed by atoms with Crippen molar-refractivity contribution < 1.29 is 0 Å². The van der Waals surface area contributed by atoms with Gasteiger partial charge in [0.1, 0.15) is 0 Å². The predicted molar refractivity (Wildman–Crippen MR) is 258 cm³/mol. The van der Waals surface area contributed by atoms with Crippen LogP contribution < -0.4 is 9.80 Å². The van der Waals surface area contributed by atoms with Gasteiger partial charge in [0.15, 0.2) is 0 Å². The van der Waals surface area contributed by atoms with E-state index >= 15 is 0 Å². The van der Waals surface area contributed by atoms with Gasteiger partial charge in [-0.05, 0) is 155 Å². The van der Waals surface area contributed by atoms with Crippen LogP contribution in [0.4, 0.5) is 34.1 Å². The molecule has 0 aliphatic rings. The summed E-state index contributed by atoms with van der Waals surface area (Å²) < 4.78 is 0. The number of rotatable bonds is 8. The molecular formula is C58H46N2. The molecule has 288 valence electrons. The van der Waals surface area contributed by atoms with E-state index in [1.54, 1.807) is 0 Å². The summed E-state index contributed by atoms with van der Waals surface area (Å²) in [5.41, 5.74) is 16.5. The van der Waals surface area contributed by atoms with Gasteiger partial charge < -0.3 is 9.80 Å². The Balaban J connectivity index is 1.32. The van der Waals surface area contributed by atoms with Gasteiger partial charge in [-0.2, -0.15) is 0 Å². The highest BCUT2D eigenvalue weighted by Crippen LogP contribution is 2.49. The smallest absolute Gasteiger partial charge is 0.0468 e. The largest absolute Gasteiger partial charge is 0.310 e. The van der Waals surface area contributed by atoms with Crippen LogP contribution in [0.3, 0.4) is 0 Å². The Morgan fingerprint density at radius 1 is 0.267 bits per heavy atom. The number of fused-ring (bicyclic) bond motifs is 3. The minimum atomic E-state index is 1.11. The lowest BCUT2D eigenvalue weighted by atomic mass is 9.84. The van der Waals surface area contributed by atoms with E-state index < -0.39 is 0 Å². The number of aryl methyl sites for hydroxylation is 4. The van der Waals surface area contributed by atoms with Gasteiger partial charge >= 0.3 is 0 Å². The molecule has 0 N–H and O–H groups in total. The van der Waals surface area contributed by atoms with Crippen LogP contribution in [0.5, 0.6) is 0 Å². The van der Waals surface area contributed by atoms with E-state index in [9.17, 15) is 0 Å². The fourth-order valence-corrected chi connectivity index (χ4v) is 8.80. The van der Waals surface area contributed by atoms with E-state index in [2.05, 4.69) is 244 Å². The van der Waals surface area contributed by atoms with Crippen molar-refractivity contribution in [3.8, 4) is 22.3 Å². The summed E-state index contributed by atoms with van der Waals surface area (Å²) in [4.78, 5) is 4.78. The average Bonchev–Trinajstić information content (AvgIpc) is 3.28. The molecule has 0 aromatic heterocycles. The van der Waals surface area contributed by atoms with Gasteiger partial charge in [0.05, 0.1) is 0 Å². The quantitative estimate of drug-likeness (QED) is 0.142. The maximum Gasteiger partial charge on any atom is 0.0468 e. The lowest BCUT2D eigenvalue weighted by Gasteiger charge is -2.28. The topological polar surface area (TPSA) is 6.48 Å². The monoisotopic (exact) mass is 770 g/mol. The number of hydrogen-bond acceptors (Lipinski definition) is 2. The minimum absolute atomic E-state index is 1.11. The van der Waals surface area contributed by atoms with Crippen molar-refractivity contribution in [3.05, 3.63) is 229 Å². The molecule has 0 saturated carbocycles. The first kappa shape index (κ1) is 36.9. The van der Waals surface area contributed by atoms with Crippen molar-refractivity contribution >= 4 is 66.4 Å². The fraction of sp³-hybridized carbons (Fsp3) is 0.0690. The van der Waals surface area contributed by atoms with E-state index in [0.717, 1.165) is 34.1 Å². The van der Waals surface area contributed by atoms with Gasteiger partial charge in [0, 0.05) is 34.1 Å².